The Balaban J connectivity index is 1.34. The van der Waals surface area contributed by atoms with Crippen LogP contribution in [-0.2, 0) is 93.6 Å². The number of benzene rings is 4. The number of rotatable bonds is 39. The normalized spacial score (nSPS) is 13.7. The van der Waals surface area contributed by atoms with Gasteiger partial charge >= 0.3 is 22.3 Å². The van der Waals surface area contributed by atoms with Gasteiger partial charge < -0.3 is 83.8 Å². The molecule has 18 N–H and O–H groups in total. The summed E-state index contributed by atoms with van der Waals surface area (Å²) in [6.45, 7) is 1.96. The van der Waals surface area contributed by atoms with E-state index in [1.54, 1.807) is 86.8 Å². The van der Waals surface area contributed by atoms with Crippen LogP contribution < -0.4 is 63.5 Å². The number of H-pyrrole nitrogens is 1. The zero-order valence-corrected chi connectivity index (χ0v) is 54.7. The highest BCUT2D eigenvalue weighted by atomic mass is 127. The number of unbranched alkanes of at least 4 members (excludes halogenated alkanes) is 2. The Morgan fingerprint density at radius 3 is 1.55 bits per heavy atom. The number of amides is 10. The minimum absolute atomic E-state index is 0.00314. The van der Waals surface area contributed by atoms with Gasteiger partial charge in [-0.25, -0.2) is 0 Å². The summed E-state index contributed by atoms with van der Waals surface area (Å²) in [5.41, 5.74) is 14.2. The summed E-state index contributed by atoms with van der Waals surface area (Å²) in [5, 5.41) is 52.0. The highest BCUT2D eigenvalue weighted by Crippen LogP contribution is 2.22. The molecule has 0 unspecified atom stereocenters. The number of carbonyl (C=O) groups is 12. The molecule has 10 amide bonds. The molecule has 0 fully saturated rings. The smallest absolute Gasteiger partial charge is 0.446 e. The number of nitrogens with two attached hydrogens (primary N) is 2. The van der Waals surface area contributed by atoms with Gasteiger partial charge in [0.1, 0.15) is 53.8 Å². The highest BCUT2D eigenvalue weighted by Gasteiger charge is 2.35. The lowest BCUT2D eigenvalue weighted by Crippen LogP contribution is -2.59. The molecule has 0 saturated carbocycles. The van der Waals surface area contributed by atoms with Gasteiger partial charge in [0.15, 0.2) is 0 Å². The minimum Gasteiger partial charge on any atom is -0.507 e. The third-order valence-electron chi connectivity index (χ3n) is 14.5. The van der Waals surface area contributed by atoms with E-state index in [1.165, 1.54) is 18.2 Å². The van der Waals surface area contributed by atoms with Gasteiger partial charge in [-0.2, -0.15) is 8.42 Å². The lowest BCUT2D eigenvalue weighted by molar-refractivity contribution is -0.141. The number of aliphatic carboxylic acids is 2. The second kappa shape index (κ2) is 37.2. The molecule has 1 heterocycles. The molecule has 95 heavy (non-hydrogen) atoms. The second-order valence-corrected chi connectivity index (χ2v) is 24.3. The molecule has 0 aliphatic heterocycles. The summed E-state index contributed by atoms with van der Waals surface area (Å²) in [7, 11) is -4.97. The molecule has 5 aromatic rings. The number of aromatic nitrogens is 1. The van der Waals surface area contributed by atoms with Crippen LogP contribution in [0.5, 0.6) is 11.5 Å². The van der Waals surface area contributed by atoms with Gasteiger partial charge in [-0.15, -0.1) is 0 Å². The molecule has 512 valence electrons. The van der Waals surface area contributed by atoms with E-state index < -0.39 is 162 Å². The van der Waals surface area contributed by atoms with Gasteiger partial charge in [0, 0.05) is 36.4 Å². The van der Waals surface area contributed by atoms with Crippen molar-refractivity contribution < 1.29 is 90.0 Å². The third kappa shape index (κ3) is 25.9. The quantitative estimate of drug-likeness (QED) is 0.0177. The number of nitrogens with one attached hydrogen (secondary N) is 10. The number of hydrogen-bond acceptors (Lipinski definition) is 17. The van der Waals surface area contributed by atoms with Crippen molar-refractivity contribution in [3.8, 4) is 11.5 Å². The molecule has 0 bridgehead atoms. The molecule has 0 spiro atoms. The molecule has 8 atom stereocenters. The van der Waals surface area contributed by atoms with Gasteiger partial charge in [0.25, 0.3) is 0 Å². The standard InChI is InChI=1S/C62H77IN12O19S/c1-3-5-15-43(71-59(87)46(27-35-18-21-38(22-19-35)94-95(91,92)93)74-61(89)48(29-53(79)80)70-51(77)32-67-56(84)41(64)25-36-20-23-50(76)40(63)24-36)57(85)68-33-52(78)69-47(28-37-31-66-42-17-11-10-14-39(37)42)60(88)72-44(16-6-4-2)58(86)75-49(30-54(81)82)62(90)73-45(55(65)83)26-34-12-8-7-9-13-34/h7-14,17-24,31,41,43-49,66,76H,3-6,15-16,25-30,32-33,64H2,1-2H3,(H2,65,83)(H,67,84)(H,68,85)(H,69,78)(H,70,77)(H,71,87)(H,72,88)(H,73,90)(H,74,89)(H,75,86)(H,79,80)(H,81,82)(H,91,92,93)/t41-,43+,44+,45+,46+,47+,48+,49+/m1/s1. The summed E-state index contributed by atoms with van der Waals surface area (Å²) in [6, 6.07) is 12.5. The number of primary amides is 1. The predicted molar refractivity (Wildman–Crippen MR) is 349 cm³/mol. The number of aromatic hydroxyl groups is 1. The molecule has 5 rings (SSSR count). The first-order valence-electron chi connectivity index (χ1n) is 30.0. The molecule has 0 aliphatic carbocycles. The Hall–Kier alpha value is -9.74. The summed E-state index contributed by atoms with van der Waals surface area (Å²) in [6.07, 6.45) is 0.390. The SMILES string of the molecule is CCCC[C@H](NC(=O)[C@H](Cc1ccc(OS(=O)(=O)O)cc1)NC(=O)[C@H](CC(=O)O)NC(=O)CNC(=O)[C@H](N)Cc1ccc(O)c(I)c1)C(=O)NCC(=O)N[C@@H](Cc1c[nH]c2ccccc12)C(=O)N[C@@H](CCCC)C(=O)N[C@@H](CC(=O)O)C(=O)N[C@@H](Cc1ccccc1)C(N)=O. The largest absolute Gasteiger partial charge is 0.507 e. The maximum atomic E-state index is 14.5. The first kappa shape index (κ1) is 76.0. The number of aromatic amines is 1. The van der Waals surface area contributed by atoms with Crippen molar-refractivity contribution >= 4 is 115 Å². The van der Waals surface area contributed by atoms with Crippen LogP contribution in [0, 0.1) is 3.57 Å². The molecule has 0 saturated heterocycles. The minimum atomic E-state index is -4.97. The lowest BCUT2D eigenvalue weighted by atomic mass is 10.0. The van der Waals surface area contributed by atoms with Gasteiger partial charge in [-0.05, 0) is 94.4 Å². The van der Waals surface area contributed by atoms with E-state index in [0.29, 0.717) is 56.8 Å². The zero-order chi connectivity index (χ0) is 69.9. The number of carboxylic acids is 2. The maximum Gasteiger partial charge on any atom is 0.446 e. The van der Waals surface area contributed by atoms with Crippen molar-refractivity contribution in [2.45, 2.75) is 139 Å². The number of phenolic OH excluding ortho intramolecular Hbond substituents is 1. The summed E-state index contributed by atoms with van der Waals surface area (Å²) >= 11 is 1.88. The van der Waals surface area contributed by atoms with Crippen molar-refractivity contribution in [2.75, 3.05) is 13.1 Å². The van der Waals surface area contributed by atoms with E-state index in [4.69, 9.17) is 11.5 Å². The van der Waals surface area contributed by atoms with E-state index in [-0.39, 0.29) is 49.2 Å². The Kier molecular flexibility index (Phi) is 29.8. The lowest BCUT2D eigenvalue weighted by Gasteiger charge is -2.26. The molecule has 1 aromatic heterocycles. The second-order valence-electron chi connectivity index (χ2n) is 22.1. The molecular formula is C62H77IN12O19S. The Labute approximate surface area is 559 Å². The third-order valence-corrected chi connectivity index (χ3v) is 15.8. The van der Waals surface area contributed by atoms with Crippen molar-refractivity contribution in [3.63, 3.8) is 0 Å². The molecule has 33 heteroatoms. The van der Waals surface area contributed by atoms with E-state index in [0.717, 1.165) is 12.1 Å². The van der Waals surface area contributed by atoms with Crippen LogP contribution >= 0.6 is 22.6 Å². The van der Waals surface area contributed by atoms with Crippen LogP contribution in [0.4, 0.5) is 0 Å². The summed E-state index contributed by atoms with van der Waals surface area (Å²) in [5.74, 6) is -13.3. The summed E-state index contributed by atoms with van der Waals surface area (Å²) < 4.78 is 37.0. The van der Waals surface area contributed by atoms with Gasteiger partial charge in [0.2, 0.25) is 59.1 Å². The van der Waals surface area contributed by atoms with Crippen molar-refractivity contribution in [1.29, 1.82) is 0 Å². The fourth-order valence-corrected chi connectivity index (χ4v) is 10.6. The Bertz CT molecular complexity index is 3670. The number of carboxylic acid groups (broad SMARTS) is 2. The van der Waals surface area contributed by atoms with Crippen molar-refractivity contribution in [3.05, 3.63) is 129 Å². The van der Waals surface area contributed by atoms with E-state index in [1.807, 2.05) is 22.6 Å². The van der Waals surface area contributed by atoms with E-state index in [2.05, 4.69) is 57.0 Å². The van der Waals surface area contributed by atoms with Crippen LogP contribution in [0.25, 0.3) is 10.9 Å². The number of halogens is 1. The first-order chi connectivity index (χ1) is 45.0. The van der Waals surface area contributed by atoms with E-state index in [9.17, 15) is 85.8 Å². The number of hydrogen-bond donors (Lipinski definition) is 16. The van der Waals surface area contributed by atoms with Gasteiger partial charge in [0.05, 0.1) is 35.5 Å². The average molecular weight is 1450 g/mol. The molecule has 0 radical (unpaired) electrons. The van der Waals surface area contributed by atoms with Crippen LogP contribution in [-0.4, -0.2) is 166 Å². The predicted octanol–water partition coefficient (Wildman–Crippen LogP) is -0.301. The van der Waals surface area contributed by atoms with Gasteiger partial charge in [-0.1, -0.05) is 106 Å². The number of carbonyl (C=O) groups excluding carboxylic acids is 10. The van der Waals surface area contributed by atoms with Crippen LogP contribution in [0.1, 0.15) is 87.5 Å². The van der Waals surface area contributed by atoms with Gasteiger partial charge in [-0.3, -0.25) is 62.1 Å². The molecular weight excluding hydrogens is 1380 g/mol. The number of fused-ring (bicyclic) bond motifs is 1. The fraction of sp³-hybridized carbons (Fsp3) is 0.387. The monoisotopic (exact) mass is 1450 g/mol. The van der Waals surface area contributed by atoms with E-state index >= 15 is 0 Å². The Morgan fingerprint density at radius 2 is 0.989 bits per heavy atom. The molecule has 0 aliphatic rings. The van der Waals surface area contributed by atoms with Crippen LogP contribution in [0.15, 0.2) is 103 Å². The first-order valence-corrected chi connectivity index (χ1v) is 32.4. The molecule has 31 nitrogen and oxygen atoms in total. The number of para-hydroxylation sites is 1. The molecule has 4 aromatic carbocycles. The zero-order valence-electron chi connectivity index (χ0n) is 51.7. The summed E-state index contributed by atoms with van der Waals surface area (Å²) in [4.78, 5) is 165. The number of phenols is 1. The van der Waals surface area contributed by atoms with Crippen LogP contribution in [0.2, 0.25) is 0 Å². The van der Waals surface area contributed by atoms with Crippen LogP contribution in [0.3, 0.4) is 0 Å². The average Bonchev–Trinajstić information content (AvgIpc) is 1.75. The topological polar surface area (TPSA) is 505 Å². The van der Waals surface area contributed by atoms with Crippen molar-refractivity contribution in [2.24, 2.45) is 11.5 Å². The maximum absolute atomic E-state index is 14.5. The van der Waals surface area contributed by atoms with Crippen molar-refractivity contribution in [1.82, 2.24) is 52.8 Å². The Morgan fingerprint density at radius 1 is 0.537 bits per heavy atom. The highest BCUT2D eigenvalue weighted by molar-refractivity contribution is 14.1. The fourth-order valence-electron chi connectivity index (χ4n) is 9.64.